The Kier molecular flexibility index (Phi) is 10.5. The molecule has 0 fully saturated rings. The first-order valence-corrected chi connectivity index (χ1v) is 34.2. The van der Waals surface area contributed by atoms with Crippen LogP contribution < -0.4 is 78.3 Å². The molecule has 17 aromatic rings. The Labute approximate surface area is 570 Å². The number of hydrogen-bond donors (Lipinski definition) is 1. The summed E-state index contributed by atoms with van der Waals surface area (Å²) < 4.78 is 36.7. The molecule has 0 saturated heterocycles. The van der Waals surface area contributed by atoms with Crippen LogP contribution in [0.1, 0.15) is 16.7 Å². The number of anilines is 5. The smallest absolute Gasteiger partial charge is 0.260 e. The van der Waals surface area contributed by atoms with Crippen LogP contribution in [0, 0.1) is 20.8 Å². The van der Waals surface area contributed by atoms with E-state index >= 15 is 0 Å². The first kappa shape index (κ1) is 53.7. The SMILES string of the molecule is Cc1cc(C)c(N2c3cc4c(cc3B3c5cc6c(cc5Oc5cc(-n7c8ccccc8c8ccccc87)cc2c53)Oc2cc(-n3c5ccccc5c5ccccc53)cc3c2B6c2ccccc2O3)B2c3ccccc3Oc3cc(-n5c6ccccc6c6ccccc65)cc(c32)N4)c(C)c1. The van der Waals surface area contributed by atoms with E-state index in [0.717, 1.165) is 163 Å². The van der Waals surface area contributed by atoms with Gasteiger partial charge in [0, 0.05) is 90.9 Å². The lowest BCUT2D eigenvalue weighted by molar-refractivity contribution is 0.456. The van der Waals surface area contributed by atoms with E-state index in [1.165, 1.54) is 59.9 Å². The molecule has 0 atom stereocenters. The van der Waals surface area contributed by atoms with Crippen molar-refractivity contribution in [2.75, 3.05) is 10.2 Å². The molecule has 6 aliphatic rings. The molecule has 99 heavy (non-hydrogen) atoms. The quantitative estimate of drug-likeness (QED) is 0.177. The Morgan fingerprint density at radius 3 is 1.13 bits per heavy atom. The molecule has 0 aliphatic carbocycles. The lowest BCUT2D eigenvalue weighted by atomic mass is 9.30. The van der Waals surface area contributed by atoms with Crippen molar-refractivity contribution in [2.45, 2.75) is 20.8 Å². The van der Waals surface area contributed by atoms with Crippen molar-refractivity contribution in [3.8, 4) is 63.1 Å². The van der Waals surface area contributed by atoms with Gasteiger partial charge in [-0.2, -0.15) is 0 Å². The molecule has 9 nitrogen and oxygen atoms in total. The average Bonchev–Trinajstić information content (AvgIpc) is 1.30. The first-order valence-electron chi connectivity index (χ1n) is 34.2. The summed E-state index contributed by atoms with van der Waals surface area (Å²) in [6.45, 7) is 6.02. The van der Waals surface area contributed by atoms with E-state index in [2.05, 4.69) is 312 Å². The van der Waals surface area contributed by atoms with Gasteiger partial charge in [-0.05, 0) is 142 Å². The predicted molar refractivity (Wildman–Crippen MR) is 408 cm³/mol. The number of aryl methyl sites for hydroxylation is 3. The molecule has 0 bridgehead atoms. The topological polar surface area (TPSA) is 67.0 Å². The number of benzene rings is 14. The molecule has 0 unspecified atom stereocenters. The summed E-state index contributed by atoms with van der Waals surface area (Å²) in [5.74, 6) is 6.33. The molecular weight excluding hydrogens is 1210 g/mol. The Balaban J connectivity index is 0.790. The number of fused-ring (bicyclic) bond motifs is 21. The lowest BCUT2D eigenvalue weighted by Crippen LogP contribution is -2.64. The number of hydrogen-bond acceptors (Lipinski definition) is 6. The Hall–Kier alpha value is -12.5. The van der Waals surface area contributed by atoms with Crippen LogP contribution in [0.3, 0.4) is 0 Å². The van der Waals surface area contributed by atoms with Gasteiger partial charge in [-0.1, -0.05) is 175 Å². The molecule has 0 radical (unpaired) electrons. The molecule has 14 aromatic carbocycles. The largest absolute Gasteiger partial charge is 0.458 e. The van der Waals surface area contributed by atoms with Crippen molar-refractivity contribution < 1.29 is 18.9 Å². The minimum atomic E-state index is -0.318. The van der Waals surface area contributed by atoms with E-state index in [-0.39, 0.29) is 20.1 Å². The molecule has 460 valence electrons. The van der Waals surface area contributed by atoms with Gasteiger partial charge in [0.25, 0.3) is 20.1 Å². The summed E-state index contributed by atoms with van der Waals surface area (Å²) in [7, 11) is 0. The first-order chi connectivity index (χ1) is 48.8. The molecule has 0 spiro atoms. The minimum Gasteiger partial charge on any atom is -0.458 e. The number of ether oxygens (including phenoxy) is 4. The third-order valence-electron chi connectivity index (χ3n) is 22.2. The third-order valence-corrected chi connectivity index (χ3v) is 22.2. The molecule has 23 rings (SSSR count). The van der Waals surface area contributed by atoms with Crippen molar-refractivity contribution in [3.05, 3.63) is 284 Å². The van der Waals surface area contributed by atoms with Crippen LogP contribution in [-0.4, -0.2) is 33.8 Å². The molecule has 1 N–H and O–H groups in total. The summed E-state index contributed by atoms with van der Waals surface area (Å²) >= 11 is 0. The summed E-state index contributed by atoms with van der Waals surface area (Å²) in [6, 6.07) is 97.6. The number of aromatic nitrogens is 3. The van der Waals surface area contributed by atoms with Crippen molar-refractivity contribution in [3.63, 3.8) is 0 Å². The molecule has 12 heteroatoms. The number of nitrogens with zero attached hydrogens (tertiary/aromatic N) is 4. The highest BCUT2D eigenvalue weighted by Crippen LogP contribution is 2.49. The second-order valence-electron chi connectivity index (χ2n) is 27.7. The van der Waals surface area contributed by atoms with Crippen molar-refractivity contribution in [2.24, 2.45) is 0 Å². The highest BCUT2D eigenvalue weighted by atomic mass is 16.5. The maximum Gasteiger partial charge on any atom is 0.260 e. The van der Waals surface area contributed by atoms with E-state index in [1.54, 1.807) is 0 Å². The van der Waals surface area contributed by atoms with Gasteiger partial charge in [0.1, 0.15) is 46.0 Å². The van der Waals surface area contributed by atoms with Gasteiger partial charge in [-0.3, -0.25) is 0 Å². The fraction of sp³-hybridized carbons (Fsp3) is 0.0345. The Morgan fingerprint density at radius 2 is 0.646 bits per heavy atom. The monoisotopic (exact) mass is 1270 g/mol. The summed E-state index contributed by atoms with van der Waals surface area (Å²) in [5, 5.41) is 11.4. The fourth-order valence-corrected chi connectivity index (χ4v) is 18.5. The predicted octanol–water partition coefficient (Wildman–Crippen LogP) is 15.7. The highest BCUT2D eigenvalue weighted by molar-refractivity contribution is 7.03. The van der Waals surface area contributed by atoms with Gasteiger partial charge in [0.05, 0.1) is 55.8 Å². The van der Waals surface area contributed by atoms with Crippen molar-refractivity contribution in [1.29, 1.82) is 0 Å². The summed E-state index contributed by atoms with van der Waals surface area (Å²) in [4.78, 5) is 2.57. The molecule has 9 heterocycles. The second-order valence-corrected chi connectivity index (χ2v) is 27.7. The van der Waals surface area contributed by atoms with Gasteiger partial charge in [-0.15, -0.1) is 0 Å². The Morgan fingerprint density at radius 1 is 0.273 bits per heavy atom. The number of rotatable bonds is 4. The van der Waals surface area contributed by atoms with Crippen LogP contribution in [0.25, 0.3) is 82.5 Å². The molecule has 3 aromatic heterocycles. The van der Waals surface area contributed by atoms with Crippen LogP contribution in [0.5, 0.6) is 46.0 Å². The van der Waals surface area contributed by atoms with E-state index in [9.17, 15) is 0 Å². The van der Waals surface area contributed by atoms with Crippen LogP contribution in [0.15, 0.2) is 267 Å². The maximum atomic E-state index is 7.76. The number of nitrogens with one attached hydrogen (secondary N) is 1. The van der Waals surface area contributed by atoms with Crippen LogP contribution in [0.4, 0.5) is 28.4 Å². The highest BCUT2D eigenvalue weighted by Gasteiger charge is 2.49. The normalized spacial score (nSPS) is 13.7. The molecular formula is C87H54B3N5O4. The van der Waals surface area contributed by atoms with Gasteiger partial charge < -0.3 is 42.9 Å². The molecule has 0 amide bonds. The van der Waals surface area contributed by atoms with Gasteiger partial charge in [0.15, 0.2) is 0 Å². The third kappa shape index (κ3) is 7.21. The van der Waals surface area contributed by atoms with Gasteiger partial charge in [0.2, 0.25) is 0 Å². The fourth-order valence-electron chi connectivity index (χ4n) is 18.5. The van der Waals surface area contributed by atoms with Crippen LogP contribution >= 0.6 is 0 Å². The summed E-state index contributed by atoms with van der Waals surface area (Å²) in [6.07, 6.45) is 0. The molecule has 0 saturated carbocycles. The Bertz CT molecular complexity index is 6400. The minimum absolute atomic E-state index is 0.180. The van der Waals surface area contributed by atoms with Crippen LogP contribution in [-0.2, 0) is 0 Å². The second kappa shape index (κ2) is 19.4. The van der Waals surface area contributed by atoms with E-state index in [4.69, 9.17) is 18.9 Å². The number of para-hydroxylation sites is 8. The summed E-state index contributed by atoms with van der Waals surface area (Å²) in [5.41, 5.74) is 28.6. The molecule has 6 aliphatic heterocycles. The van der Waals surface area contributed by atoms with Crippen LogP contribution in [0.2, 0.25) is 0 Å². The van der Waals surface area contributed by atoms with Crippen molar-refractivity contribution in [1.82, 2.24) is 13.7 Å². The van der Waals surface area contributed by atoms with Gasteiger partial charge in [-0.25, -0.2) is 0 Å². The standard InChI is InChI=1S/C87H54B3N5O4/c1-48-36-49(2)87(50(3)37-48)95-74-46-66-62(88-60-26-10-18-34-76(60)96-80-40-51(38-67(91-66)84(80)88)92-68-28-12-4-20-54(68)55-21-5-13-29-69(55)92)44-63(74)90-65-45-64-78(47-79(65)98-81-41-52(39-75(95)85(81)90)93-70-30-14-6-22-56(70)57-23-7-15-31-71(57)93)99-83-43-53(42-82-86(83)89(64)61-27-11-19-35-77(61)97-82)94-72-32-16-8-24-58(72)59-25-9-17-33-73(59)94/h4-47,91H,1-3H3. The average molecular weight is 1270 g/mol. The van der Waals surface area contributed by atoms with Gasteiger partial charge >= 0.3 is 0 Å². The zero-order chi connectivity index (χ0) is 64.8. The maximum absolute atomic E-state index is 7.76. The van der Waals surface area contributed by atoms with E-state index in [0.29, 0.717) is 0 Å². The van der Waals surface area contributed by atoms with E-state index < -0.39 is 0 Å². The van der Waals surface area contributed by atoms with E-state index in [1.807, 2.05) is 0 Å². The zero-order valence-corrected chi connectivity index (χ0v) is 54.1. The van der Waals surface area contributed by atoms with Crippen molar-refractivity contribution >= 4 is 163 Å². The lowest BCUT2D eigenvalue weighted by Gasteiger charge is -2.43. The zero-order valence-electron chi connectivity index (χ0n) is 54.1.